The predicted molar refractivity (Wildman–Crippen MR) is 117 cm³/mol. The first kappa shape index (κ1) is 21.4. The van der Waals surface area contributed by atoms with Crippen molar-refractivity contribution in [1.29, 1.82) is 0 Å². The number of carbonyl (C=O) groups excluding carboxylic acids is 2. The van der Waals surface area contributed by atoms with Gasteiger partial charge in [-0.2, -0.15) is 0 Å². The highest BCUT2D eigenvalue weighted by Crippen LogP contribution is 2.44. The van der Waals surface area contributed by atoms with Crippen molar-refractivity contribution in [2.75, 3.05) is 4.90 Å². The molecule has 0 aliphatic carbocycles. The number of rotatable bonds is 5. The molecular weight excluding hydrogens is 430 g/mol. The van der Waals surface area contributed by atoms with Crippen LogP contribution in [0.1, 0.15) is 17.2 Å². The lowest BCUT2D eigenvalue weighted by atomic mass is 9.94. The zero-order valence-electron chi connectivity index (χ0n) is 16.8. The van der Waals surface area contributed by atoms with Crippen LogP contribution in [0.2, 0.25) is 0 Å². The fraction of sp³-hybridized carbons (Fsp3) is 0.0435. The lowest BCUT2D eigenvalue weighted by molar-refractivity contribution is -0.385. The molecule has 3 aromatic carbocycles. The summed E-state index contributed by atoms with van der Waals surface area (Å²) in [4.78, 5) is 48.6. The van der Waals surface area contributed by atoms with Crippen molar-refractivity contribution in [3.8, 4) is 0 Å². The number of non-ortho nitro benzene ring substituents is 1. The third-order valence-corrected chi connectivity index (χ3v) is 5.26. The Morgan fingerprint density at radius 3 is 2.03 bits per heavy atom. The van der Waals surface area contributed by atoms with Gasteiger partial charge < -0.3 is 5.11 Å². The van der Waals surface area contributed by atoms with Crippen molar-refractivity contribution in [3.05, 3.63) is 116 Å². The van der Waals surface area contributed by atoms with Crippen molar-refractivity contribution >= 4 is 34.5 Å². The van der Waals surface area contributed by atoms with Crippen LogP contribution in [0.4, 0.5) is 17.1 Å². The zero-order valence-corrected chi connectivity index (χ0v) is 16.8. The number of hydrogen-bond donors (Lipinski definition) is 1. The highest BCUT2D eigenvalue weighted by Gasteiger charge is 2.48. The number of aliphatic hydroxyl groups excluding tert-OH is 1. The van der Waals surface area contributed by atoms with Gasteiger partial charge in [0.2, 0.25) is 0 Å². The van der Waals surface area contributed by atoms with Crippen molar-refractivity contribution < 1.29 is 24.5 Å². The summed E-state index contributed by atoms with van der Waals surface area (Å²) in [6.07, 6.45) is 0. The number of hydrogen-bond acceptors (Lipinski definition) is 7. The molecule has 1 fully saturated rings. The number of carbonyl (C=O) groups is 2. The lowest BCUT2D eigenvalue weighted by Crippen LogP contribution is -2.29. The predicted octanol–water partition coefficient (Wildman–Crippen LogP) is 4.13. The molecule has 0 bridgehead atoms. The molecule has 1 N–H and O–H groups in total. The van der Waals surface area contributed by atoms with Gasteiger partial charge in [-0.05, 0) is 30.3 Å². The first-order valence-electron chi connectivity index (χ1n) is 9.65. The Labute approximate surface area is 186 Å². The van der Waals surface area contributed by atoms with Gasteiger partial charge in [0, 0.05) is 29.4 Å². The maximum Gasteiger partial charge on any atom is 0.300 e. The number of amides is 1. The van der Waals surface area contributed by atoms with E-state index in [1.54, 1.807) is 30.3 Å². The van der Waals surface area contributed by atoms with Crippen LogP contribution in [0, 0.1) is 20.2 Å². The summed E-state index contributed by atoms with van der Waals surface area (Å²) >= 11 is 0. The van der Waals surface area contributed by atoms with Crippen molar-refractivity contribution in [2.45, 2.75) is 6.04 Å². The minimum Gasteiger partial charge on any atom is -0.507 e. The van der Waals surface area contributed by atoms with E-state index < -0.39 is 33.3 Å². The Hall–Kier alpha value is -4.86. The maximum atomic E-state index is 13.1. The maximum absolute atomic E-state index is 13.1. The Balaban J connectivity index is 1.98. The Kier molecular flexibility index (Phi) is 5.41. The molecule has 0 saturated carbocycles. The number of nitro benzene ring substituents is 2. The van der Waals surface area contributed by atoms with Crippen LogP contribution in [0.3, 0.4) is 0 Å². The fourth-order valence-electron chi connectivity index (χ4n) is 3.76. The Morgan fingerprint density at radius 2 is 1.42 bits per heavy atom. The lowest BCUT2D eigenvalue weighted by Gasteiger charge is -2.25. The summed E-state index contributed by atoms with van der Waals surface area (Å²) in [5, 5.41) is 33.6. The second kappa shape index (κ2) is 8.35. The summed E-state index contributed by atoms with van der Waals surface area (Å²) in [5.41, 5.74) is -0.520. The van der Waals surface area contributed by atoms with E-state index in [4.69, 9.17) is 0 Å². The first-order chi connectivity index (χ1) is 15.8. The number of Topliss-reactive ketones (excluding diaryl/α,β-unsaturated/α-hetero) is 1. The molecule has 1 aliphatic rings. The van der Waals surface area contributed by atoms with E-state index in [1.165, 1.54) is 36.4 Å². The molecule has 1 saturated heterocycles. The van der Waals surface area contributed by atoms with Gasteiger partial charge in [0.1, 0.15) is 11.8 Å². The minimum absolute atomic E-state index is 0.0361. The van der Waals surface area contributed by atoms with Crippen LogP contribution in [-0.4, -0.2) is 26.6 Å². The molecule has 1 amide bonds. The second-order valence-electron chi connectivity index (χ2n) is 7.12. The highest BCUT2D eigenvalue weighted by molar-refractivity contribution is 6.51. The molecule has 164 valence electrons. The van der Waals surface area contributed by atoms with Gasteiger partial charge in [-0.3, -0.25) is 34.7 Å². The molecule has 1 heterocycles. The minimum atomic E-state index is -1.29. The fourth-order valence-corrected chi connectivity index (χ4v) is 3.76. The van der Waals surface area contributed by atoms with Gasteiger partial charge >= 0.3 is 0 Å². The third-order valence-electron chi connectivity index (χ3n) is 5.26. The van der Waals surface area contributed by atoms with Gasteiger partial charge in [0.15, 0.2) is 0 Å². The van der Waals surface area contributed by atoms with Crippen LogP contribution >= 0.6 is 0 Å². The number of anilines is 1. The number of nitro groups is 2. The Bertz CT molecular complexity index is 1320. The van der Waals surface area contributed by atoms with Crippen LogP contribution in [0.15, 0.2) is 84.4 Å². The van der Waals surface area contributed by atoms with E-state index in [2.05, 4.69) is 0 Å². The molecule has 0 radical (unpaired) electrons. The van der Waals surface area contributed by atoms with Gasteiger partial charge in [-0.15, -0.1) is 0 Å². The molecule has 0 aromatic heterocycles. The largest absolute Gasteiger partial charge is 0.507 e. The smallest absolute Gasteiger partial charge is 0.300 e. The monoisotopic (exact) mass is 445 g/mol. The van der Waals surface area contributed by atoms with E-state index in [1.807, 2.05) is 0 Å². The number of benzene rings is 3. The molecule has 0 spiro atoms. The molecular formula is C23H15N3O7. The SMILES string of the molecule is O=C1C(=O)N(c2ccccc2)[C@H](c2ccccc2[N+](=O)[O-])/C1=C(\O)c1ccc([N+](=O)[O-])cc1. The summed E-state index contributed by atoms with van der Waals surface area (Å²) < 4.78 is 0. The summed E-state index contributed by atoms with van der Waals surface area (Å²) in [6.45, 7) is 0. The highest BCUT2D eigenvalue weighted by atomic mass is 16.6. The molecule has 0 unspecified atom stereocenters. The summed E-state index contributed by atoms with van der Waals surface area (Å²) in [6, 6.07) is 17.2. The van der Waals surface area contributed by atoms with Gasteiger partial charge in [-0.25, -0.2) is 0 Å². The first-order valence-corrected chi connectivity index (χ1v) is 9.65. The molecule has 10 nitrogen and oxygen atoms in total. The van der Waals surface area contributed by atoms with Gasteiger partial charge in [0.05, 0.1) is 21.0 Å². The van der Waals surface area contributed by atoms with E-state index in [-0.39, 0.29) is 28.1 Å². The van der Waals surface area contributed by atoms with Crippen LogP contribution < -0.4 is 4.90 Å². The number of nitrogens with zero attached hydrogens (tertiary/aromatic N) is 3. The molecule has 1 aliphatic heterocycles. The van der Waals surface area contributed by atoms with E-state index >= 15 is 0 Å². The molecule has 3 aromatic rings. The molecule has 33 heavy (non-hydrogen) atoms. The topological polar surface area (TPSA) is 144 Å². The third kappa shape index (κ3) is 3.69. The van der Waals surface area contributed by atoms with Crippen LogP contribution in [-0.2, 0) is 9.59 Å². The average Bonchev–Trinajstić information content (AvgIpc) is 3.09. The van der Waals surface area contributed by atoms with E-state index in [0.29, 0.717) is 5.69 Å². The number of aliphatic hydroxyl groups is 1. The number of ketones is 1. The van der Waals surface area contributed by atoms with Gasteiger partial charge in [-0.1, -0.05) is 30.3 Å². The molecule has 4 rings (SSSR count). The van der Waals surface area contributed by atoms with Gasteiger partial charge in [0.25, 0.3) is 23.1 Å². The average molecular weight is 445 g/mol. The standard InChI is InChI=1S/C23H15N3O7/c27-21(14-10-12-16(13-11-14)25(30)31)19-20(17-8-4-5-9-18(17)26(32)33)24(23(29)22(19)28)15-6-2-1-3-7-15/h1-13,20,27H/b21-19+/t20-/m1/s1. The van der Waals surface area contributed by atoms with E-state index in [9.17, 15) is 34.9 Å². The normalized spacial score (nSPS) is 17.2. The van der Waals surface area contributed by atoms with Crippen LogP contribution in [0.5, 0.6) is 0 Å². The van der Waals surface area contributed by atoms with Crippen LogP contribution in [0.25, 0.3) is 5.76 Å². The molecule has 1 atom stereocenters. The summed E-state index contributed by atoms with van der Waals surface area (Å²) in [7, 11) is 0. The quantitative estimate of drug-likeness (QED) is 0.204. The van der Waals surface area contributed by atoms with E-state index in [0.717, 1.165) is 17.0 Å². The summed E-state index contributed by atoms with van der Waals surface area (Å²) in [5.74, 6) is -2.59. The van der Waals surface area contributed by atoms with Crippen molar-refractivity contribution in [3.63, 3.8) is 0 Å². The van der Waals surface area contributed by atoms with Crippen molar-refractivity contribution in [2.24, 2.45) is 0 Å². The van der Waals surface area contributed by atoms with Crippen molar-refractivity contribution in [1.82, 2.24) is 0 Å². The Morgan fingerprint density at radius 1 is 0.818 bits per heavy atom. The zero-order chi connectivity index (χ0) is 23.7. The molecule has 10 heteroatoms. The number of para-hydroxylation sites is 2. The second-order valence-corrected chi connectivity index (χ2v) is 7.12.